The molecule has 6 heteroatoms. The Labute approximate surface area is 118 Å². The van der Waals surface area contributed by atoms with Crippen LogP contribution in [0.4, 0.5) is 0 Å². The number of carbonyl (C=O) groups excluding carboxylic acids is 1. The fourth-order valence-corrected chi connectivity index (χ4v) is 2.40. The molecule has 0 spiro atoms. The van der Waals surface area contributed by atoms with Crippen molar-refractivity contribution in [2.75, 3.05) is 19.6 Å². The van der Waals surface area contributed by atoms with Crippen LogP contribution in [0, 0.1) is 0 Å². The first-order valence-corrected chi connectivity index (χ1v) is 7.07. The highest BCUT2D eigenvalue weighted by Crippen LogP contribution is 2.11. The zero-order valence-corrected chi connectivity index (χ0v) is 11.9. The van der Waals surface area contributed by atoms with Gasteiger partial charge in [-0.25, -0.2) is 9.97 Å². The lowest BCUT2D eigenvalue weighted by atomic mass is 10.0. The summed E-state index contributed by atoms with van der Waals surface area (Å²) in [6, 6.07) is 0.234. The number of hydrogen-bond donors (Lipinski definition) is 1. The number of piperidine rings is 1. The van der Waals surface area contributed by atoms with E-state index in [1.807, 2.05) is 0 Å². The molecular weight excluding hydrogens is 264 g/mol. The largest absolute Gasteiger partial charge is 0.348 e. The van der Waals surface area contributed by atoms with Crippen LogP contribution >= 0.6 is 11.6 Å². The second kappa shape index (κ2) is 6.82. The van der Waals surface area contributed by atoms with Gasteiger partial charge in [0, 0.05) is 19.1 Å². The molecule has 2 heterocycles. The van der Waals surface area contributed by atoms with E-state index in [1.54, 1.807) is 0 Å². The maximum Gasteiger partial charge on any atom is 0.271 e. The van der Waals surface area contributed by atoms with E-state index in [0.29, 0.717) is 10.8 Å². The lowest BCUT2D eigenvalue weighted by molar-refractivity contribution is 0.0905. The average molecular weight is 283 g/mol. The minimum absolute atomic E-state index is 0.168. The van der Waals surface area contributed by atoms with Crippen LogP contribution < -0.4 is 5.32 Å². The second-order valence-electron chi connectivity index (χ2n) is 4.81. The molecule has 1 aliphatic heterocycles. The third kappa shape index (κ3) is 4.14. The molecule has 1 fully saturated rings. The smallest absolute Gasteiger partial charge is 0.271 e. The van der Waals surface area contributed by atoms with E-state index in [9.17, 15) is 4.79 Å². The van der Waals surface area contributed by atoms with Crippen molar-refractivity contribution in [2.45, 2.75) is 32.2 Å². The van der Waals surface area contributed by atoms with Crippen molar-refractivity contribution in [3.8, 4) is 0 Å². The van der Waals surface area contributed by atoms with Gasteiger partial charge in [-0.3, -0.25) is 4.79 Å². The Morgan fingerprint density at radius 3 is 2.74 bits per heavy atom. The average Bonchev–Trinajstić information content (AvgIpc) is 2.42. The molecule has 5 nitrogen and oxygen atoms in total. The Bertz CT molecular complexity index is 415. The summed E-state index contributed by atoms with van der Waals surface area (Å²) in [7, 11) is 0. The molecule has 104 valence electrons. The number of carbonyl (C=O) groups is 1. The summed E-state index contributed by atoms with van der Waals surface area (Å²) < 4.78 is 0. The van der Waals surface area contributed by atoms with Gasteiger partial charge < -0.3 is 10.2 Å². The van der Waals surface area contributed by atoms with E-state index in [-0.39, 0.29) is 11.9 Å². The lowest BCUT2D eigenvalue weighted by Gasteiger charge is -2.31. The molecule has 1 N–H and O–H groups in total. The van der Waals surface area contributed by atoms with Crippen LogP contribution in [0.1, 0.15) is 36.7 Å². The third-order valence-electron chi connectivity index (χ3n) is 3.32. The lowest BCUT2D eigenvalue weighted by Crippen LogP contribution is -2.44. The number of amides is 1. The standard InChI is InChI=1S/C13H19ClN4O/c1-2-5-18-6-3-10(4-7-18)17-13(19)11-8-16-12(14)9-15-11/h8-10H,2-7H2,1H3,(H,17,19). The first-order valence-electron chi connectivity index (χ1n) is 6.70. The van der Waals surface area contributed by atoms with Crippen LogP contribution in [0.15, 0.2) is 12.4 Å². The van der Waals surface area contributed by atoms with Crippen molar-refractivity contribution >= 4 is 17.5 Å². The molecule has 1 aromatic rings. The zero-order valence-electron chi connectivity index (χ0n) is 11.1. The van der Waals surface area contributed by atoms with E-state index >= 15 is 0 Å². The minimum atomic E-state index is -0.168. The van der Waals surface area contributed by atoms with Crippen molar-refractivity contribution in [2.24, 2.45) is 0 Å². The Morgan fingerprint density at radius 2 is 2.16 bits per heavy atom. The Hall–Kier alpha value is -1.20. The van der Waals surface area contributed by atoms with Gasteiger partial charge in [0.25, 0.3) is 5.91 Å². The molecule has 1 amide bonds. The Balaban J connectivity index is 1.82. The molecule has 19 heavy (non-hydrogen) atoms. The number of nitrogens with one attached hydrogen (secondary N) is 1. The number of nitrogens with zero attached hydrogens (tertiary/aromatic N) is 3. The Morgan fingerprint density at radius 1 is 1.42 bits per heavy atom. The number of aromatic nitrogens is 2. The molecule has 0 saturated carbocycles. The quantitative estimate of drug-likeness (QED) is 0.914. The SMILES string of the molecule is CCCN1CCC(NC(=O)c2cnc(Cl)cn2)CC1. The fraction of sp³-hybridized carbons (Fsp3) is 0.615. The molecule has 0 aromatic carbocycles. The topological polar surface area (TPSA) is 58.1 Å². The van der Waals surface area contributed by atoms with E-state index in [0.717, 1.165) is 32.5 Å². The summed E-state index contributed by atoms with van der Waals surface area (Å²) in [5.41, 5.74) is 0.320. The normalized spacial score (nSPS) is 17.4. The molecule has 0 unspecified atom stereocenters. The highest BCUT2D eigenvalue weighted by Gasteiger charge is 2.21. The highest BCUT2D eigenvalue weighted by atomic mass is 35.5. The van der Waals surface area contributed by atoms with Gasteiger partial charge >= 0.3 is 0 Å². The predicted molar refractivity (Wildman–Crippen MR) is 74.3 cm³/mol. The van der Waals surface area contributed by atoms with E-state index in [4.69, 9.17) is 11.6 Å². The van der Waals surface area contributed by atoms with Crippen molar-refractivity contribution in [3.63, 3.8) is 0 Å². The number of hydrogen-bond acceptors (Lipinski definition) is 4. The highest BCUT2D eigenvalue weighted by molar-refractivity contribution is 6.29. The second-order valence-corrected chi connectivity index (χ2v) is 5.20. The van der Waals surface area contributed by atoms with Crippen LogP contribution in [0.25, 0.3) is 0 Å². The van der Waals surface area contributed by atoms with Crippen LogP contribution in [0.5, 0.6) is 0 Å². The summed E-state index contributed by atoms with van der Waals surface area (Å²) in [5.74, 6) is -0.168. The summed E-state index contributed by atoms with van der Waals surface area (Å²) in [4.78, 5) is 22.2. The van der Waals surface area contributed by atoms with E-state index in [2.05, 4.69) is 27.1 Å². The van der Waals surface area contributed by atoms with Gasteiger partial charge in [0.1, 0.15) is 10.8 Å². The van der Waals surface area contributed by atoms with Crippen molar-refractivity contribution < 1.29 is 4.79 Å². The van der Waals surface area contributed by atoms with E-state index < -0.39 is 0 Å². The van der Waals surface area contributed by atoms with Gasteiger partial charge in [-0.2, -0.15) is 0 Å². The Kier molecular flexibility index (Phi) is 5.10. The third-order valence-corrected chi connectivity index (χ3v) is 3.51. The summed E-state index contributed by atoms with van der Waals surface area (Å²) in [6.07, 6.45) is 5.96. The van der Waals surface area contributed by atoms with Gasteiger partial charge in [0.15, 0.2) is 0 Å². The first-order chi connectivity index (χ1) is 9.19. The summed E-state index contributed by atoms with van der Waals surface area (Å²) >= 11 is 5.64. The minimum Gasteiger partial charge on any atom is -0.348 e. The molecule has 0 radical (unpaired) electrons. The van der Waals surface area contributed by atoms with E-state index in [1.165, 1.54) is 18.8 Å². The monoisotopic (exact) mass is 282 g/mol. The van der Waals surface area contributed by atoms with Gasteiger partial charge in [-0.05, 0) is 25.8 Å². The van der Waals surface area contributed by atoms with Crippen LogP contribution in [0.3, 0.4) is 0 Å². The van der Waals surface area contributed by atoms with Crippen molar-refractivity contribution in [1.29, 1.82) is 0 Å². The molecule has 2 rings (SSSR count). The summed E-state index contributed by atoms with van der Waals surface area (Å²) in [6.45, 7) is 5.42. The predicted octanol–water partition coefficient (Wildman–Crippen LogP) is 1.73. The molecule has 1 aromatic heterocycles. The number of rotatable bonds is 4. The van der Waals surface area contributed by atoms with Crippen molar-refractivity contribution in [3.05, 3.63) is 23.2 Å². The molecular formula is C13H19ClN4O. The van der Waals surface area contributed by atoms with Crippen LogP contribution in [-0.4, -0.2) is 46.5 Å². The molecule has 0 aliphatic carbocycles. The maximum atomic E-state index is 12.0. The number of halogens is 1. The van der Waals surface area contributed by atoms with Gasteiger partial charge in [-0.1, -0.05) is 18.5 Å². The van der Waals surface area contributed by atoms with Crippen LogP contribution in [-0.2, 0) is 0 Å². The molecule has 0 atom stereocenters. The fourth-order valence-electron chi connectivity index (χ4n) is 2.31. The molecule has 0 bridgehead atoms. The van der Waals surface area contributed by atoms with Gasteiger partial charge in [0.05, 0.1) is 12.4 Å². The van der Waals surface area contributed by atoms with Crippen molar-refractivity contribution in [1.82, 2.24) is 20.2 Å². The first kappa shape index (κ1) is 14.2. The van der Waals surface area contributed by atoms with Gasteiger partial charge in [0.2, 0.25) is 0 Å². The maximum absolute atomic E-state index is 12.0. The molecule has 1 saturated heterocycles. The van der Waals surface area contributed by atoms with Gasteiger partial charge in [-0.15, -0.1) is 0 Å². The number of likely N-dealkylation sites (tertiary alicyclic amines) is 1. The zero-order chi connectivity index (χ0) is 13.7. The summed E-state index contributed by atoms with van der Waals surface area (Å²) in [5, 5.41) is 3.30. The molecule has 1 aliphatic rings. The van der Waals surface area contributed by atoms with Crippen LogP contribution in [0.2, 0.25) is 5.15 Å².